The molecule has 0 aliphatic carbocycles. The molecule has 0 bridgehead atoms. The molecule has 0 spiro atoms. The van der Waals surface area contributed by atoms with Crippen LogP contribution in [0.3, 0.4) is 0 Å². The number of rotatable bonds is 5. The summed E-state index contributed by atoms with van der Waals surface area (Å²) >= 11 is 0. The number of hydrogen-bond acceptors (Lipinski definition) is 4. The summed E-state index contributed by atoms with van der Waals surface area (Å²) in [7, 11) is -10.2. The Morgan fingerprint density at radius 2 is 1.50 bits per heavy atom. The van der Waals surface area contributed by atoms with Crippen molar-refractivity contribution in [3.63, 3.8) is 0 Å². The molecule has 0 radical (unpaired) electrons. The molecule has 118 valence electrons. The fourth-order valence-corrected chi connectivity index (χ4v) is 4.01. The van der Waals surface area contributed by atoms with Crippen molar-refractivity contribution in [2.75, 3.05) is 5.32 Å². The highest BCUT2D eigenvalue weighted by molar-refractivity contribution is 7.71. The lowest BCUT2D eigenvalue weighted by Crippen LogP contribution is -2.21. The van der Waals surface area contributed by atoms with Crippen LogP contribution in [0, 0.1) is 0 Å². The molecule has 1 aromatic heterocycles. The summed E-state index contributed by atoms with van der Waals surface area (Å²) in [6, 6.07) is 12.0. The number of nitrogens with one attached hydrogen (secondary N) is 1. The van der Waals surface area contributed by atoms with Crippen LogP contribution in [0.4, 0.5) is 5.82 Å². The molecule has 1 heterocycles. The Labute approximate surface area is 126 Å². The van der Waals surface area contributed by atoms with E-state index in [4.69, 9.17) is 19.6 Å². The molecule has 2 rings (SSSR count). The van der Waals surface area contributed by atoms with Gasteiger partial charge in [0.1, 0.15) is 5.82 Å². The zero-order valence-electron chi connectivity index (χ0n) is 11.1. The fourth-order valence-electron chi connectivity index (χ4n) is 1.86. The third kappa shape index (κ3) is 4.01. The van der Waals surface area contributed by atoms with E-state index in [0.717, 1.165) is 0 Å². The molecule has 5 N–H and O–H groups in total. The summed E-state index contributed by atoms with van der Waals surface area (Å²) in [6.07, 6.45) is 1.35. The van der Waals surface area contributed by atoms with Crippen LogP contribution in [0.2, 0.25) is 0 Å². The van der Waals surface area contributed by atoms with Crippen molar-refractivity contribution in [1.29, 1.82) is 0 Å². The van der Waals surface area contributed by atoms with Gasteiger partial charge in [-0.1, -0.05) is 30.3 Å². The van der Waals surface area contributed by atoms with Crippen LogP contribution < -0.4 is 5.32 Å². The highest BCUT2D eigenvalue weighted by Crippen LogP contribution is 2.59. The predicted molar refractivity (Wildman–Crippen MR) is 81.2 cm³/mol. The molecule has 0 saturated heterocycles. The van der Waals surface area contributed by atoms with Crippen molar-refractivity contribution in [1.82, 2.24) is 4.98 Å². The Balaban J connectivity index is 2.46. The molecule has 0 unspecified atom stereocenters. The third-order valence-electron chi connectivity index (χ3n) is 2.80. The van der Waals surface area contributed by atoms with E-state index < -0.39 is 20.7 Å². The topological polar surface area (TPSA) is 140 Å². The second-order valence-electron chi connectivity index (χ2n) is 4.46. The summed E-state index contributed by atoms with van der Waals surface area (Å²) in [6.45, 7) is 0. The molecule has 0 aliphatic rings. The van der Waals surface area contributed by atoms with E-state index in [1.165, 1.54) is 6.20 Å². The van der Waals surface area contributed by atoms with Crippen LogP contribution in [0.1, 0.15) is 0 Å². The monoisotopic (exact) mass is 344 g/mol. The van der Waals surface area contributed by atoms with Crippen LogP contribution in [0.5, 0.6) is 0 Å². The second-order valence-corrected chi connectivity index (χ2v) is 8.26. The molecule has 22 heavy (non-hydrogen) atoms. The second kappa shape index (κ2) is 6.30. The van der Waals surface area contributed by atoms with E-state index in [9.17, 15) is 9.13 Å². The van der Waals surface area contributed by atoms with Crippen molar-refractivity contribution in [2.24, 2.45) is 0 Å². The Kier molecular flexibility index (Phi) is 4.82. The minimum absolute atomic E-state index is 0.0228. The SMILES string of the molecule is O=P(O)(O)C(Nc1ncccc1-c1ccccc1)P(=O)(O)O. The first kappa shape index (κ1) is 16.8. The third-order valence-corrected chi connectivity index (χ3v) is 6.13. The average Bonchev–Trinajstić information content (AvgIpc) is 2.43. The number of aromatic nitrogens is 1. The lowest BCUT2D eigenvalue weighted by atomic mass is 10.1. The van der Waals surface area contributed by atoms with E-state index in [1.807, 2.05) is 0 Å². The van der Waals surface area contributed by atoms with Gasteiger partial charge in [0.25, 0.3) is 0 Å². The summed E-state index contributed by atoms with van der Waals surface area (Å²) in [5, 5.41) is 2.19. The Hall–Kier alpha value is -1.53. The number of pyridine rings is 1. The molecule has 0 aliphatic heterocycles. The van der Waals surface area contributed by atoms with Gasteiger partial charge in [-0.05, 0) is 17.7 Å². The van der Waals surface area contributed by atoms with E-state index in [1.54, 1.807) is 42.5 Å². The largest absolute Gasteiger partial charge is 0.360 e. The Bertz CT molecular complexity index is 720. The number of nitrogens with zero attached hydrogens (tertiary/aromatic N) is 1. The Morgan fingerprint density at radius 3 is 2.05 bits per heavy atom. The minimum atomic E-state index is -5.09. The zero-order valence-corrected chi connectivity index (χ0v) is 12.9. The zero-order chi connectivity index (χ0) is 16.4. The van der Waals surface area contributed by atoms with Crippen molar-refractivity contribution < 1.29 is 28.7 Å². The smallest absolute Gasteiger partial charge is 0.346 e. The Morgan fingerprint density at radius 1 is 0.909 bits per heavy atom. The van der Waals surface area contributed by atoms with Gasteiger partial charge < -0.3 is 24.9 Å². The number of benzene rings is 1. The van der Waals surface area contributed by atoms with Gasteiger partial charge in [-0.3, -0.25) is 9.13 Å². The molecule has 10 heteroatoms. The maximum Gasteiger partial charge on any atom is 0.360 e. The van der Waals surface area contributed by atoms with Crippen LogP contribution in [-0.2, 0) is 9.13 Å². The average molecular weight is 344 g/mol. The summed E-state index contributed by atoms with van der Waals surface area (Å²) in [5.41, 5.74) is -1.19. The predicted octanol–water partition coefficient (Wildman–Crippen LogP) is 1.80. The molecular weight excluding hydrogens is 330 g/mol. The maximum absolute atomic E-state index is 11.3. The van der Waals surface area contributed by atoms with Gasteiger partial charge in [-0.25, -0.2) is 4.98 Å². The molecule has 1 aromatic carbocycles. The molecular formula is C12H14N2O6P2. The lowest BCUT2D eigenvalue weighted by molar-refractivity contribution is 0.343. The lowest BCUT2D eigenvalue weighted by Gasteiger charge is -2.22. The summed E-state index contributed by atoms with van der Waals surface area (Å²) in [5.74, 6) is -0.0228. The molecule has 0 atom stereocenters. The summed E-state index contributed by atoms with van der Waals surface area (Å²) in [4.78, 5) is 40.6. The van der Waals surface area contributed by atoms with Crippen molar-refractivity contribution in [3.05, 3.63) is 48.7 Å². The standard InChI is InChI=1S/C12H14N2O6P2/c15-21(16,17)12(22(18,19)20)14-11-10(7-4-8-13-11)9-5-2-1-3-6-9/h1-8,12H,(H,13,14)(H2,15,16,17)(H2,18,19,20). The number of hydrogen-bond donors (Lipinski definition) is 5. The van der Waals surface area contributed by atoms with Crippen LogP contribution in [0.15, 0.2) is 48.7 Å². The first-order chi connectivity index (χ1) is 10.2. The highest BCUT2D eigenvalue weighted by atomic mass is 31.2. The van der Waals surface area contributed by atoms with Gasteiger partial charge in [0.2, 0.25) is 5.52 Å². The van der Waals surface area contributed by atoms with E-state index in [0.29, 0.717) is 11.1 Å². The van der Waals surface area contributed by atoms with Gasteiger partial charge in [-0.2, -0.15) is 0 Å². The quantitative estimate of drug-likeness (QED) is 0.517. The first-order valence-corrected chi connectivity index (χ1v) is 9.43. The fraction of sp³-hybridized carbons (Fsp3) is 0.0833. The van der Waals surface area contributed by atoms with Crippen LogP contribution in [0.25, 0.3) is 11.1 Å². The van der Waals surface area contributed by atoms with Crippen molar-refractivity contribution in [3.8, 4) is 11.1 Å². The highest BCUT2D eigenvalue weighted by Gasteiger charge is 2.44. The molecule has 0 fully saturated rings. The van der Waals surface area contributed by atoms with Crippen LogP contribution >= 0.6 is 15.2 Å². The minimum Gasteiger partial charge on any atom is -0.346 e. The maximum atomic E-state index is 11.3. The molecule has 2 aromatic rings. The number of anilines is 1. The van der Waals surface area contributed by atoms with Gasteiger partial charge >= 0.3 is 15.2 Å². The van der Waals surface area contributed by atoms with Gasteiger partial charge in [0.05, 0.1) is 0 Å². The van der Waals surface area contributed by atoms with Gasteiger partial charge in [0.15, 0.2) is 0 Å². The molecule has 0 amide bonds. The first-order valence-electron chi connectivity index (χ1n) is 6.07. The summed E-state index contributed by atoms with van der Waals surface area (Å²) < 4.78 is 22.7. The van der Waals surface area contributed by atoms with Gasteiger partial charge in [0, 0.05) is 11.8 Å². The van der Waals surface area contributed by atoms with Crippen molar-refractivity contribution in [2.45, 2.75) is 5.52 Å². The normalized spacial score (nSPS) is 12.4. The van der Waals surface area contributed by atoms with E-state index >= 15 is 0 Å². The van der Waals surface area contributed by atoms with E-state index in [-0.39, 0.29) is 5.82 Å². The van der Waals surface area contributed by atoms with Crippen molar-refractivity contribution >= 4 is 21.0 Å². The molecule has 8 nitrogen and oxygen atoms in total. The van der Waals surface area contributed by atoms with Gasteiger partial charge in [-0.15, -0.1) is 0 Å². The van der Waals surface area contributed by atoms with E-state index in [2.05, 4.69) is 10.3 Å². The van der Waals surface area contributed by atoms with Crippen LogP contribution in [-0.4, -0.2) is 30.1 Å². The molecule has 0 saturated carbocycles.